The normalized spacial score (nSPS) is 10.8. The van der Waals surface area contributed by atoms with Crippen molar-refractivity contribution in [2.75, 3.05) is 18.0 Å². The first kappa shape index (κ1) is 12.5. The average Bonchev–Trinajstić information content (AvgIpc) is 2.28. The zero-order chi connectivity index (χ0) is 13.3. The molecule has 0 spiro atoms. The number of aryl methyl sites for hydroxylation is 1. The smallest absolute Gasteiger partial charge is 0.199 e. The molecule has 0 aliphatic carbocycles. The van der Waals surface area contributed by atoms with Gasteiger partial charge in [0.2, 0.25) is 0 Å². The predicted octanol–water partition coefficient (Wildman–Crippen LogP) is 2.65. The standard InChI is InChI=1S/C14H17NO3/c1-4-15(5-2)13-8-11(17)14-9(3)6-10(16)7-12(14)18-13/h6-8,16H,4-5H2,1-3H3. The number of phenols is 1. The number of rotatable bonds is 3. The largest absolute Gasteiger partial charge is 0.508 e. The summed E-state index contributed by atoms with van der Waals surface area (Å²) in [5.74, 6) is 0.655. The number of benzene rings is 1. The van der Waals surface area contributed by atoms with Crippen molar-refractivity contribution in [1.29, 1.82) is 0 Å². The van der Waals surface area contributed by atoms with E-state index in [1.807, 2.05) is 18.7 Å². The second-order valence-corrected chi connectivity index (χ2v) is 4.26. The molecule has 0 aliphatic rings. The Morgan fingerprint density at radius 3 is 2.50 bits per heavy atom. The quantitative estimate of drug-likeness (QED) is 0.906. The lowest BCUT2D eigenvalue weighted by Gasteiger charge is -2.19. The molecule has 1 N–H and O–H groups in total. The predicted molar refractivity (Wildman–Crippen MR) is 72.4 cm³/mol. The number of anilines is 1. The van der Waals surface area contributed by atoms with Crippen molar-refractivity contribution in [3.8, 4) is 5.75 Å². The molecule has 2 aromatic rings. The van der Waals surface area contributed by atoms with E-state index in [0.717, 1.165) is 18.7 Å². The molecule has 0 radical (unpaired) electrons. The summed E-state index contributed by atoms with van der Waals surface area (Å²) in [4.78, 5) is 14.1. The number of nitrogens with zero attached hydrogens (tertiary/aromatic N) is 1. The van der Waals surface area contributed by atoms with Crippen molar-refractivity contribution in [3.63, 3.8) is 0 Å². The fraction of sp³-hybridized carbons (Fsp3) is 0.357. The maximum atomic E-state index is 12.1. The van der Waals surface area contributed by atoms with Crippen molar-refractivity contribution < 1.29 is 9.52 Å². The molecule has 96 valence electrons. The molecule has 4 nitrogen and oxygen atoms in total. The van der Waals surface area contributed by atoms with Gasteiger partial charge in [0.05, 0.1) is 5.39 Å². The van der Waals surface area contributed by atoms with Crippen LogP contribution in [0.1, 0.15) is 19.4 Å². The van der Waals surface area contributed by atoms with Gasteiger partial charge in [-0.2, -0.15) is 0 Å². The molecule has 0 fully saturated rings. The Balaban J connectivity index is 2.72. The number of phenolic OH excluding ortho intramolecular Hbond substituents is 1. The lowest BCUT2D eigenvalue weighted by molar-refractivity contribution is 0.473. The maximum absolute atomic E-state index is 12.1. The summed E-state index contributed by atoms with van der Waals surface area (Å²) in [6.07, 6.45) is 0. The second-order valence-electron chi connectivity index (χ2n) is 4.26. The highest BCUT2D eigenvalue weighted by Gasteiger charge is 2.11. The SMILES string of the molecule is CCN(CC)c1cc(=O)c2c(C)cc(O)cc2o1. The van der Waals surface area contributed by atoms with E-state index in [-0.39, 0.29) is 11.2 Å². The van der Waals surface area contributed by atoms with Gasteiger partial charge in [0.25, 0.3) is 0 Å². The minimum atomic E-state index is -0.0735. The van der Waals surface area contributed by atoms with E-state index in [1.165, 1.54) is 12.1 Å². The van der Waals surface area contributed by atoms with Crippen LogP contribution < -0.4 is 10.3 Å². The topological polar surface area (TPSA) is 53.7 Å². The van der Waals surface area contributed by atoms with E-state index in [9.17, 15) is 9.90 Å². The molecule has 18 heavy (non-hydrogen) atoms. The van der Waals surface area contributed by atoms with E-state index < -0.39 is 0 Å². The number of fused-ring (bicyclic) bond motifs is 1. The Morgan fingerprint density at radius 2 is 1.89 bits per heavy atom. The molecule has 0 amide bonds. The first-order valence-electron chi connectivity index (χ1n) is 6.09. The van der Waals surface area contributed by atoms with Crippen LogP contribution in [0.4, 0.5) is 5.88 Å². The van der Waals surface area contributed by atoms with Gasteiger partial charge >= 0.3 is 0 Å². The van der Waals surface area contributed by atoms with E-state index in [4.69, 9.17) is 4.42 Å². The van der Waals surface area contributed by atoms with Gasteiger partial charge in [-0.05, 0) is 32.4 Å². The zero-order valence-electron chi connectivity index (χ0n) is 10.9. The van der Waals surface area contributed by atoms with Crippen LogP contribution in [0, 0.1) is 6.92 Å². The van der Waals surface area contributed by atoms with Gasteiger partial charge in [-0.15, -0.1) is 0 Å². The van der Waals surface area contributed by atoms with Gasteiger partial charge in [0.1, 0.15) is 11.3 Å². The fourth-order valence-electron chi connectivity index (χ4n) is 2.15. The summed E-state index contributed by atoms with van der Waals surface area (Å²) in [5, 5.41) is 10.1. The van der Waals surface area contributed by atoms with E-state index in [1.54, 1.807) is 13.0 Å². The van der Waals surface area contributed by atoms with Gasteiger partial charge in [0, 0.05) is 25.2 Å². The lowest BCUT2D eigenvalue weighted by atomic mass is 10.1. The van der Waals surface area contributed by atoms with Crippen molar-refractivity contribution in [2.24, 2.45) is 0 Å². The molecular weight excluding hydrogens is 230 g/mol. The monoisotopic (exact) mass is 247 g/mol. The first-order chi connectivity index (χ1) is 8.56. The minimum Gasteiger partial charge on any atom is -0.508 e. The lowest BCUT2D eigenvalue weighted by Crippen LogP contribution is -2.23. The van der Waals surface area contributed by atoms with Crippen molar-refractivity contribution in [1.82, 2.24) is 0 Å². The first-order valence-corrected chi connectivity index (χ1v) is 6.09. The third kappa shape index (κ3) is 2.06. The molecule has 0 atom stereocenters. The fourth-order valence-corrected chi connectivity index (χ4v) is 2.15. The van der Waals surface area contributed by atoms with Crippen LogP contribution in [0.25, 0.3) is 11.0 Å². The van der Waals surface area contributed by atoms with Gasteiger partial charge in [-0.3, -0.25) is 4.79 Å². The van der Waals surface area contributed by atoms with E-state index >= 15 is 0 Å². The molecule has 1 heterocycles. The molecule has 1 aromatic carbocycles. The summed E-state index contributed by atoms with van der Waals surface area (Å²) in [5.41, 5.74) is 1.09. The van der Waals surface area contributed by atoms with Crippen LogP contribution in [0.3, 0.4) is 0 Å². The van der Waals surface area contributed by atoms with Crippen LogP contribution in [-0.4, -0.2) is 18.2 Å². The third-order valence-corrected chi connectivity index (χ3v) is 3.07. The molecular formula is C14H17NO3. The number of aromatic hydroxyl groups is 1. The second kappa shape index (κ2) is 4.72. The van der Waals surface area contributed by atoms with Crippen LogP contribution in [0.15, 0.2) is 27.4 Å². The van der Waals surface area contributed by atoms with Gasteiger partial charge in [-0.1, -0.05) is 0 Å². The summed E-state index contributed by atoms with van der Waals surface area (Å²) < 4.78 is 5.71. The van der Waals surface area contributed by atoms with Crippen molar-refractivity contribution in [2.45, 2.75) is 20.8 Å². The van der Waals surface area contributed by atoms with Crippen LogP contribution in [0.5, 0.6) is 5.75 Å². The molecule has 0 saturated heterocycles. The highest BCUT2D eigenvalue weighted by molar-refractivity contribution is 5.82. The van der Waals surface area contributed by atoms with E-state index in [2.05, 4.69) is 0 Å². The Labute approximate surface area is 105 Å². The third-order valence-electron chi connectivity index (χ3n) is 3.07. The molecule has 0 saturated carbocycles. The molecule has 1 aromatic heterocycles. The summed E-state index contributed by atoms with van der Waals surface area (Å²) in [6, 6.07) is 4.56. The maximum Gasteiger partial charge on any atom is 0.199 e. The van der Waals surface area contributed by atoms with E-state index in [0.29, 0.717) is 16.9 Å². The van der Waals surface area contributed by atoms with Gasteiger partial charge < -0.3 is 14.4 Å². The van der Waals surface area contributed by atoms with Crippen LogP contribution in [-0.2, 0) is 0 Å². The Bertz CT molecular complexity index is 627. The Kier molecular flexibility index (Phi) is 3.28. The van der Waals surface area contributed by atoms with Gasteiger partial charge in [0.15, 0.2) is 11.3 Å². The molecule has 0 unspecified atom stereocenters. The van der Waals surface area contributed by atoms with Crippen LogP contribution >= 0.6 is 0 Å². The minimum absolute atomic E-state index is 0.0735. The van der Waals surface area contributed by atoms with Crippen LogP contribution in [0.2, 0.25) is 0 Å². The summed E-state index contributed by atoms with van der Waals surface area (Å²) in [6.45, 7) is 7.32. The average molecular weight is 247 g/mol. The Hall–Kier alpha value is -1.97. The Morgan fingerprint density at radius 1 is 1.22 bits per heavy atom. The highest BCUT2D eigenvalue weighted by Crippen LogP contribution is 2.25. The zero-order valence-corrected chi connectivity index (χ0v) is 10.9. The molecule has 2 rings (SSSR count). The summed E-state index contributed by atoms with van der Waals surface area (Å²) >= 11 is 0. The highest BCUT2D eigenvalue weighted by atomic mass is 16.4. The van der Waals surface area contributed by atoms with Gasteiger partial charge in [-0.25, -0.2) is 0 Å². The summed E-state index contributed by atoms with van der Waals surface area (Å²) in [7, 11) is 0. The van der Waals surface area contributed by atoms with Crippen molar-refractivity contribution in [3.05, 3.63) is 34.0 Å². The molecule has 4 heteroatoms. The number of hydrogen-bond donors (Lipinski definition) is 1. The number of hydrogen-bond acceptors (Lipinski definition) is 4. The molecule has 0 aliphatic heterocycles. The van der Waals surface area contributed by atoms with Crippen molar-refractivity contribution >= 4 is 16.9 Å². The molecule has 0 bridgehead atoms.